The smallest absolute Gasteiger partial charge is 0.239 e. The van der Waals surface area contributed by atoms with Crippen LogP contribution in [0.5, 0.6) is 0 Å². The first kappa shape index (κ1) is 22.9. The van der Waals surface area contributed by atoms with Gasteiger partial charge in [-0.15, -0.1) is 0 Å². The standard InChI is InChI=1S/C26H35N7O/c1-19-8-12-33(13-9-19)18-26(34)30-25-14-23-20(15-27-25)6-7-22(29-23)21-16-28-31(2)24(21)17-32-10-4-3-5-11-32/h6-7,14-16,19H,3-5,8-13,17-18H2,1-2H3,(H,27,30,34). The molecule has 1 amide bonds. The Morgan fingerprint density at radius 3 is 2.65 bits per heavy atom. The van der Waals surface area contributed by atoms with Gasteiger partial charge in [0.2, 0.25) is 5.91 Å². The zero-order valence-electron chi connectivity index (χ0n) is 20.3. The van der Waals surface area contributed by atoms with Crippen LogP contribution in [0.4, 0.5) is 5.82 Å². The Morgan fingerprint density at radius 1 is 1.06 bits per heavy atom. The van der Waals surface area contributed by atoms with Crippen molar-refractivity contribution in [3.8, 4) is 11.3 Å². The lowest BCUT2D eigenvalue weighted by molar-refractivity contribution is -0.117. The van der Waals surface area contributed by atoms with Crippen molar-refractivity contribution in [2.75, 3.05) is 38.0 Å². The summed E-state index contributed by atoms with van der Waals surface area (Å²) in [6.07, 6.45) is 9.86. The van der Waals surface area contributed by atoms with E-state index < -0.39 is 0 Å². The molecule has 180 valence electrons. The van der Waals surface area contributed by atoms with Gasteiger partial charge in [0.15, 0.2) is 0 Å². The lowest BCUT2D eigenvalue weighted by atomic mass is 9.99. The summed E-state index contributed by atoms with van der Waals surface area (Å²) in [7, 11) is 2.00. The minimum atomic E-state index is -0.0198. The first-order chi connectivity index (χ1) is 16.5. The second-order valence-electron chi connectivity index (χ2n) is 9.93. The molecule has 5 rings (SSSR count). The Balaban J connectivity index is 1.32. The van der Waals surface area contributed by atoms with E-state index in [2.05, 4.69) is 32.1 Å². The number of aryl methyl sites for hydroxylation is 1. The Morgan fingerprint density at radius 2 is 1.85 bits per heavy atom. The Labute approximate surface area is 201 Å². The number of hydrogen-bond acceptors (Lipinski definition) is 6. The number of carbonyl (C=O) groups is 1. The number of fused-ring (bicyclic) bond motifs is 1. The molecule has 0 atom stereocenters. The highest BCUT2D eigenvalue weighted by molar-refractivity contribution is 5.93. The highest BCUT2D eigenvalue weighted by Crippen LogP contribution is 2.26. The van der Waals surface area contributed by atoms with Crippen LogP contribution in [0.2, 0.25) is 0 Å². The number of amides is 1. The summed E-state index contributed by atoms with van der Waals surface area (Å²) in [6.45, 7) is 7.82. The topological polar surface area (TPSA) is 79.2 Å². The number of likely N-dealkylation sites (tertiary alicyclic amines) is 2. The van der Waals surface area contributed by atoms with Crippen molar-refractivity contribution in [2.24, 2.45) is 13.0 Å². The van der Waals surface area contributed by atoms with E-state index in [1.807, 2.05) is 36.1 Å². The summed E-state index contributed by atoms with van der Waals surface area (Å²) in [5.41, 5.74) is 3.98. The third-order valence-electron chi connectivity index (χ3n) is 7.24. The number of pyridine rings is 2. The zero-order chi connectivity index (χ0) is 23.5. The van der Waals surface area contributed by atoms with E-state index in [4.69, 9.17) is 4.98 Å². The Kier molecular flexibility index (Phi) is 6.87. The Bertz CT molecular complexity index is 1140. The fourth-order valence-corrected chi connectivity index (χ4v) is 5.03. The molecule has 2 saturated heterocycles. The van der Waals surface area contributed by atoms with Crippen molar-refractivity contribution in [1.29, 1.82) is 0 Å². The van der Waals surface area contributed by atoms with Crippen LogP contribution in [-0.4, -0.2) is 68.2 Å². The van der Waals surface area contributed by atoms with Crippen LogP contribution in [0.15, 0.2) is 30.6 Å². The summed E-state index contributed by atoms with van der Waals surface area (Å²) in [5.74, 6) is 1.28. The van der Waals surface area contributed by atoms with Crippen LogP contribution in [0.25, 0.3) is 22.2 Å². The monoisotopic (exact) mass is 461 g/mol. The molecule has 1 N–H and O–H groups in total. The molecule has 5 heterocycles. The molecular weight excluding hydrogens is 426 g/mol. The van der Waals surface area contributed by atoms with Gasteiger partial charge < -0.3 is 5.32 Å². The van der Waals surface area contributed by atoms with Crippen molar-refractivity contribution in [3.05, 3.63) is 36.3 Å². The van der Waals surface area contributed by atoms with Gasteiger partial charge in [0.25, 0.3) is 0 Å². The molecule has 2 aliphatic heterocycles. The molecule has 0 aliphatic carbocycles. The molecule has 0 bridgehead atoms. The minimum absolute atomic E-state index is 0.0198. The van der Waals surface area contributed by atoms with Gasteiger partial charge in [-0.3, -0.25) is 19.3 Å². The molecule has 0 aromatic carbocycles. The van der Waals surface area contributed by atoms with E-state index >= 15 is 0 Å². The van der Waals surface area contributed by atoms with Gasteiger partial charge in [-0.2, -0.15) is 5.10 Å². The van der Waals surface area contributed by atoms with Gasteiger partial charge in [-0.1, -0.05) is 13.3 Å². The largest absolute Gasteiger partial charge is 0.310 e. The second kappa shape index (κ2) is 10.2. The predicted molar refractivity (Wildman–Crippen MR) is 134 cm³/mol. The summed E-state index contributed by atoms with van der Waals surface area (Å²) in [5, 5.41) is 8.45. The summed E-state index contributed by atoms with van der Waals surface area (Å²) in [6, 6.07) is 5.95. The van der Waals surface area contributed by atoms with E-state index in [1.165, 1.54) is 25.0 Å². The maximum absolute atomic E-state index is 12.6. The number of rotatable bonds is 6. The zero-order valence-corrected chi connectivity index (χ0v) is 20.3. The number of nitrogens with one attached hydrogen (secondary N) is 1. The minimum Gasteiger partial charge on any atom is -0.310 e. The lowest BCUT2D eigenvalue weighted by Crippen LogP contribution is -2.38. The number of carbonyl (C=O) groups excluding carboxylic acids is 1. The molecule has 34 heavy (non-hydrogen) atoms. The first-order valence-electron chi connectivity index (χ1n) is 12.6. The predicted octanol–water partition coefficient (Wildman–Crippen LogP) is 3.69. The van der Waals surface area contributed by atoms with E-state index in [9.17, 15) is 4.79 Å². The van der Waals surface area contributed by atoms with Crippen molar-refractivity contribution in [2.45, 2.75) is 45.6 Å². The van der Waals surface area contributed by atoms with Gasteiger partial charge in [0.1, 0.15) is 5.82 Å². The van der Waals surface area contributed by atoms with Gasteiger partial charge in [-0.25, -0.2) is 9.97 Å². The lowest BCUT2D eigenvalue weighted by Gasteiger charge is -2.29. The molecule has 3 aromatic rings. The van der Waals surface area contributed by atoms with Gasteiger partial charge in [-0.05, 0) is 69.9 Å². The van der Waals surface area contributed by atoms with Gasteiger partial charge >= 0.3 is 0 Å². The number of hydrogen-bond donors (Lipinski definition) is 1. The van der Waals surface area contributed by atoms with Crippen LogP contribution >= 0.6 is 0 Å². The molecule has 8 heteroatoms. The van der Waals surface area contributed by atoms with Crippen LogP contribution < -0.4 is 5.32 Å². The SMILES string of the molecule is CC1CCN(CC(=O)Nc2cc3nc(-c4cnn(C)c4CN4CCCCC4)ccc3cn2)CC1. The fourth-order valence-electron chi connectivity index (χ4n) is 5.03. The molecule has 0 spiro atoms. The molecule has 2 aliphatic rings. The molecule has 0 unspecified atom stereocenters. The third kappa shape index (κ3) is 5.28. The fraction of sp³-hybridized carbons (Fsp3) is 0.538. The quantitative estimate of drug-likeness (QED) is 0.603. The van der Waals surface area contributed by atoms with Crippen LogP contribution in [0.1, 0.15) is 44.7 Å². The molecule has 8 nitrogen and oxygen atoms in total. The van der Waals surface area contributed by atoms with E-state index in [-0.39, 0.29) is 5.91 Å². The maximum atomic E-state index is 12.6. The summed E-state index contributed by atoms with van der Waals surface area (Å²) in [4.78, 5) is 26.7. The number of aromatic nitrogens is 4. The van der Waals surface area contributed by atoms with Crippen molar-refractivity contribution in [3.63, 3.8) is 0 Å². The van der Waals surface area contributed by atoms with Crippen molar-refractivity contribution < 1.29 is 4.79 Å². The summed E-state index contributed by atoms with van der Waals surface area (Å²) >= 11 is 0. The van der Waals surface area contributed by atoms with Crippen LogP contribution in [0, 0.1) is 5.92 Å². The van der Waals surface area contributed by atoms with Crippen molar-refractivity contribution in [1.82, 2.24) is 29.5 Å². The normalized spacial score (nSPS) is 18.4. The molecule has 2 fully saturated rings. The highest BCUT2D eigenvalue weighted by atomic mass is 16.2. The molecule has 3 aromatic heterocycles. The average Bonchev–Trinajstić information content (AvgIpc) is 3.20. The molecule has 0 saturated carbocycles. The number of anilines is 1. The van der Waals surface area contributed by atoms with Gasteiger partial charge in [0, 0.05) is 36.8 Å². The number of piperidine rings is 2. The van der Waals surface area contributed by atoms with E-state index in [0.717, 1.165) is 73.6 Å². The second-order valence-corrected chi connectivity index (χ2v) is 9.93. The molecular formula is C26H35N7O. The molecule has 0 radical (unpaired) electrons. The first-order valence-corrected chi connectivity index (χ1v) is 12.6. The van der Waals surface area contributed by atoms with Crippen LogP contribution in [0.3, 0.4) is 0 Å². The maximum Gasteiger partial charge on any atom is 0.239 e. The Hall–Kier alpha value is -2.84. The van der Waals surface area contributed by atoms with Gasteiger partial charge in [0.05, 0.1) is 29.6 Å². The highest BCUT2D eigenvalue weighted by Gasteiger charge is 2.19. The third-order valence-corrected chi connectivity index (χ3v) is 7.24. The van der Waals surface area contributed by atoms with Crippen molar-refractivity contribution >= 4 is 22.6 Å². The van der Waals surface area contributed by atoms with E-state index in [1.54, 1.807) is 6.20 Å². The van der Waals surface area contributed by atoms with E-state index in [0.29, 0.717) is 12.4 Å². The number of nitrogens with zero attached hydrogens (tertiary/aromatic N) is 6. The van der Waals surface area contributed by atoms with Crippen LogP contribution in [-0.2, 0) is 18.4 Å². The summed E-state index contributed by atoms with van der Waals surface area (Å²) < 4.78 is 1.97. The average molecular weight is 462 g/mol.